The van der Waals surface area contributed by atoms with Gasteiger partial charge in [0.25, 0.3) is 0 Å². The van der Waals surface area contributed by atoms with E-state index < -0.39 is 18.3 Å². The molecular weight excluding hydrogens is 446 g/mol. The zero-order valence-corrected chi connectivity index (χ0v) is 20.6. The van der Waals surface area contributed by atoms with Gasteiger partial charge in [0, 0.05) is 10.0 Å². The molecule has 2 aromatic rings. The third-order valence-electron chi connectivity index (χ3n) is 6.76. The minimum absolute atomic E-state index is 0.348. The SMILES string of the molecule is COC(=O)c1ccc2c(c1)CCCC(c1ccc(Cl)cc1Cl)=C2B1OC(C)(C)C(C)(C)O1. The van der Waals surface area contributed by atoms with Gasteiger partial charge in [0.1, 0.15) is 0 Å². The van der Waals surface area contributed by atoms with Crippen molar-refractivity contribution in [1.82, 2.24) is 0 Å². The predicted molar refractivity (Wildman–Crippen MR) is 130 cm³/mol. The van der Waals surface area contributed by atoms with Crippen LogP contribution in [0.25, 0.3) is 11.0 Å². The summed E-state index contributed by atoms with van der Waals surface area (Å²) < 4.78 is 17.9. The van der Waals surface area contributed by atoms with Crippen molar-refractivity contribution in [3.8, 4) is 0 Å². The number of halogens is 2. The van der Waals surface area contributed by atoms with Crippen molar-refractivity contribution in [2.24, 2.45) is 0 Å². The van der Waals surface area contributed by atoms with Gasteiger partial charge in [0.05, 0.1) is 23.9 Å². The summed E-state index contributed by atoms with van der Waals surface area (Å²) in [6.07, 6.45) is 2.51. The average molecular weight is 473 g/mol. The number of ether oxygens (including phenoxy) is 1. The van der Waals surface area contributed by atoms with E-state index in [1.54, 1.807) is 12.1 Å². The van der Waals surface area contributed by atoms with E-state index in [1.165, 1.54) is 7.11 Å². The Morgan fingerprint density at radius 3 is 2.25 bits per heavy atom. The van der Waals surface area contributed by atoms with Crippen LogP contribution in [0.15, 0.2) is 36.4 Å². The van der Waals surface area contributed by atoms with Crippen LogP contribution in [0.4, 0.5) is 0 Å². The number of benzene rings is 2. The monoisotopic (exact) mass is 472 g/mol. The molecule has 1 heterocycles. The first kappa shape index (κ1) is 23.4. The average Bonchev–Trinajstić information content (AvgIpc) is 2.85. The van der Waals surface area contributed by atoms with Crippen LogP contribution in [0.2, 0.25) is 10.0 Å². The summed E-state index contributed by atoms with van der Waals surface area (Å²) in [6, 6.07) is 11.3. The Hall–Kier alpha value is -1.79. The lowest BCUT2D eigenvalue weighted by molar-refractivity contribution is 0.00578. The lowest BCUT2D eigenvalue weighted by atomic mass is 9.69. The van der Waals surface area contributed by atoms with Crippen molar-refractivity contribution in [2.75, 3.05) is 7.11 Å². The second-order valence-electron chi connectivity index (χ2n) is 9.32. The molecule has 1 aliphatic carbocycles. The van der Waals surface area contributed by atoms with E-state index in [0.29, 0.717) is 15.6 Å². The molecule has 7 heteroatoms. The number of allylic oxidation sites excluding steroid dienone is 1. The fourth-order valence-electron chi connectivity index (χ4n) is 4.31. The summed E-state index contributed by atoms with van der Waals surface area (Å²) in [5.74, 6) is -0.348. The Labute approximate surface area is 200 Å². The molecule has 4 rings (SSSR count). The number of esters is 1. The molecule has 0 radical (unpaired) electrons. The quantitative estimate of drug-likeness (QED) is 0.370. The highest BCUT2D eigenvalue weighted by molar-refractivity contribution is 6.71. The third kappa shape index (κ3) is 4.12. The minimum Gasteiger partial charge on any atom is -0.465 e. The molecule has 0 bridgehead atoms. The standard InChI is InChI=1S/C25H27BCl2O4/c1-24(2)25(3,4)32-26(31-24)22-18-11-9-16(23(29)30-5)13-15(18)7-6-8-20(22)19-12-10-17(27)14-21(19)28/h9-14H,6-8H2,1-5H3. The number of carbonyl (C=O) groups is 1. The molecule has 1 aliphatic heterocycles. The van der Waals surface area contributed by atoms with Crippen molar-refractivity contribution in [3.63, 3.8) is 0 Å². The Kier molecular flexibility index (Phi) is 6.23. The Bertz CT molecular complexity index is 1090. The van der Waals surface area contributed by atoms with Crippen molar-refractivity contribution < 1.29 is 18.8 Å². The number of rotatable bonds is 3. The third-order valence-corrected chi connectivity index (χ3v) is 7.31. The van der Waals surface area contributed by atoms with Crippen molar-refractivity contribution in [3.05, 3.63) is 68.7 Å². The van der Waals surface area contributed by atoms with E-state index in [9.17, 15) is 4.79 Å². The Morgan fingerprint density at radius 2 is 1.62 bits per heavy atom. The molecule has 2 aliphatic rings. The second kappa shape index (κ2) is 8.53. The maximum Gasteiger partial charge on any atom is 0.495 e. The number of hydrogen-bond acceptors (Lipinski definition) is 4. The minimum atomic E-state index is -0.567. The number of aryl methyl sites for hydroxylation is 1. The summed E-state index contributed by atoms with van der Waals surface area (Å²) in [5.41, 5.74) is 4.59. The number of carbonyl (C=O) groups excluding carboxylic acids is 1. The van der Waals surface area contributed by atoms with Crippen LogP contribution < -0.4 is 0 Å². The van der Waals surface area contributed by atoms with Gasteiger partial charge >= 0.3 is 13.1 Å². The molecule has 1 saturated heterocycles. The van der Waals surface area contributed by atoms with Gasteiger partial charge in [-0.1, -0.05) is 35.3 Å². The zero-order valence-electron chi connectivity index (χ0n) is 19.1. The summed E-state index contributed by atoms with van der Waals surface area (Å²) in [6.45, 7) is 8.17. The van der Waals surface area contributed by atoms with Gasteiger partial charge in [-0.25, -0.2) is 4.79 Å². The number of hydrogen-bond donors (Lipinski definition) is 0. The molecule has 32 heavy (non-hydrogen) atoms. The first-order chi connectivity index (χ1) is 15.0. The molecule has 1 fully saturated rings. The molecule has 0 saturated carbocycles. The van der Waals surface area contributed by atoms with Gasteiger partial charge in [-0.2, -0.15) is 0 Å². The fourth-order valence-corrected chi connectivity index (χ4v) is 4.83. The van der Waals surface area contributed by atoms with E-state index in [1.807, 2.05) is 52.0 Å². The highest BCUT2D eigenvalue weighted by Crippen LogP contribution is 2.46. The molecule has 2 aromatic carbocycles. The molecule has 0 N–H and O–H groups in total. The predicted octanol–water partition coefficient (Wildman–Crippen LogP) is 6.66. The van der Waals surface area contributed by atoms with Crippen LogP contribution in [0.3, 0.4) is 0 Å². The van der Waals surface area contributed by atoms with Crippen molar-refractivity contribution >= 4 is 47.3 Å². The van der Waals surface area contributed by atoms with E-state index in [4.69, 9.17) is 37.2 Å². The van der Waals surface area contributed by atoms with E-state index in [-0.39, 0.29) is 5.97 Å². The Morgan fingerprint density at radius 1 is 0.969 bits per heavy atom. The highest BCUT2D eigenvalue weighted by Gasteiger charge is 2.53. The summed E-state index contributed by atoms with van der Waals surface area (Å²) in [7, 11) is 0.826. The normalized spacial score (nSPS) is 19.5. The molecule has 0 aromatic heterocycles. The van der Waals surface area contributed by atoms with Crippen molar-refractivity contribution in [2.45, 2.75) is 58.2 Å². The van der Waals surface area contributed by atoms with Gasteiger partial charge in [0.2, 0.25) is 0 Å². The van der Waals surface area contributed by atoms with Gasteiger partial charge in [0.15, 0.2) is 0 Å². The maximum absolute atomic E-state index is 12.1. The fraction of sp³-hybridized carbons (Fsp3) is 0.400. The largest absolute Gasteiger partial charge is 0.495 e. The van der Waals surface area contributed by atoms with E-state index >= 15 is 0 Å². The van der Waals surface area contributed by atoms with Crippen LogP contribution >= 0.6 is 23.2 Å². The van der Waals surface area contributed by atoms with Crippen LogP contribution in [0.5, 0.6) is 0 Å². The summed E-state index contributed by atoms with van der Waals surface area (Å²) >= 11 is 12.8. The smallest absolute Gasteiger partial charge is 0.465 e. The second-order valence-corrected chi connectivity index (χ2v) is 10.2. The van der Waals surface area contributed by atoms with Crippen LogP contribution in [0, 0.1) is 0 Å². The molecule has 0 atom stereocenters. The number of fused-ring (bicyclic) bond motifs is 1. The highest BCUT2D eigenvalue weighted by atomic mass is 35.5. The van der Waals surface area contributed by atoms with Gasteiger partial charge in [-0.05, 0) is 99.0 Å². The van der Waals surface area contributed by atoms with Crippen LogP contribution in [0.1, 0.15) is 67.6 Å². The Balaban J connectivity index is 1.94. The maximum atomic E-state index is 12.1. The zero-order chi connectivity index (χ0) is 23.3. The summed E-state index contributed by atoms with van der Waals surface area (Å²) in [5, 5.41) is 1.18. The number of methoxy groups -OCH3 is 1. The van der Waals surface area contributed by atoms with E-state index in [0.717, 1.165) is 47.0 Å². The summed E-state index contributed by atoms with van der Waals surface area (Å²) in [4.78, 5) is 12.1. The van der Waals surface area contributed by atoms with Gasteiger partial charge < -0.3 is 14.0 Å². The van der Waals surface area contributed by atoms with Crippen LogP contribution in [-0.4, -0.2) is 31.4 Å². The van der Waals surface area contributed by atoms with E-state index in [2.05, 4.69) is 0 Å². The lowest BCUT2D eigenvalue weighted by Crippen LogP contribution is -2.41. The molecule has 168 valence electrons. The van der Waals surface area contributed by atoms with Crippen molar-refractivity contribution in [1.29, 1.82) is 0 Å². The lowest BCUT2D eigenvalue weighted by Gasteiger charge is -2.32. The first-order valence-electron chi connectivity index (χ1n) is 10.8. The molecular formula is C25H27BCl2O4. The van der Waals surface area contributed by atoms with Crippen LogP contribution in [-0.2, 0) is 20.5 Å². The first-order valence-corrected chi connectivity index (χ1v) is 11.6. The molecule has 0 amide bonds. The topological polar surface area (TPSA) is 44.8 Å². The molecule has 4 nitrogen and oxygen atoms in total. The molecule has 0 unspecified atom stereocenters. The molecule has 0 spiro atoms. The van der Waals surface area contributed by atoms with Gasteiger partial charge in [-0.15, -0.1) is 0 Å². The van der Waals surface area contributed by atoms with Gasteiger partial charge in [-0.3, -0.25) is 0 Å².